The molecule has 3 atom stereocenters. The Morgan fingerprint density at radius 1 is 1.18 bits per heavy atom. The van der Waals surface area contributed by atoms with Crippen molar-refractivity contribution in [3.63, 3.8) is 0 Å². The van der Waals surface area contributed by atoms with Crippen LogP contribution in [0.2, 0.25) is 0 Å². The molecule has 2 N–H and O–H groups in total. The molecule has 0 aliphatic carbocycles. The zero-order chi connectivity index (χ0) is 27.5. The van der Waals surface area contributed by atoms with Gasteiger partial charge in [-0.3, -0.25) is 4.79 Å². The van der Waals surface area contributed by atoms with Crippen LogP contribution in [0.4, 0.5) is 5.82 Å². The van der Waals surface area contributed by atoms with E-state index in [4.69, 9.17) is 24.2 Å². The summed E-state index contributed by atoms with van der Waals surface area (Å²) < 4.78 is 17.3. The number of thiazole rings is 1. The first kappa shape index (κ1) is 27.5. The quantitative estimate of drug-likeness (QED) is 0.361. The Bertz CT molecular complexity index is 1350. The lowest BCUT2D eigenvalue weighted by Crippen LogP contribution is -2.54. The summed E-state index contributed by atoms with van der Waals surface area (Å²) >= 11 is 3.17. The number of ether oxygens (including phenoxy) is 3. The highest BCUT2D eigenvalue weighted by atomic mass is 32.2. The van der Waals surface area contributed by atoms with Gasteiger partial charge in [0, 0.05) is 40.8 Å². The molecule has 39 heavy (non-hydrogen) atoms. The number of carbonyl (C=O) groups excluding carboxylic acids is 1. The number of methoxy groups -OCH3 is 2. The Morgan fingerprint density at radius 3 is 2.74 bits per heavy atom. The van der Waals surface area contributed by atoms with Crippen LogP contribution in [0.15, 0.2) is 58.9 Å². The Hall–Kier alpha value is -3.08. The van der Waals surface area contributed by atoms with Gasteiger partial charge < -0.3 is 24.8 Å². The summed E-state index contributed by atoms with van der Waals surface area (Å²) in [5, 5.41) is 9.98. The molecule has 1 fully saturated rings. The number of nitrogens with zero attached hydrogens (tertiary/aromatic N) is 2. The van der Waals surface area contributed by atoms with Crippen molar-refractivity contribution >= 4 is 40.0 Å². The highest BCUT2D eigenvalue weighted by Crippen LogP contribution is 2.50. The van der Waals surface area contributed by atoms with Gasteiger partial charge in [-0.25, -0.2) is 9.98 Å². The van der Waals surface area contributed by atoms with Crippen LogP contribution in [0.25, 0.3) is 0 Å². The molecule has 3 aromatic rings. The maximum Gasteiger partial charge on any atom is 0.257 e. The molecule has 0 bridgehead atoms. The number of hydrogen-bond donors (Lipinski definition) is 2. The summed E-state index contributed by atoms with van der Waals surface area (Å²) in [4.78, 5) is 23.1. The molecule has 1 aromatic heterocycles. The monoisotopic (exact) mass is 566 g/mol. The van der Waals surface area contributed by atoms with Gasteiger partial charge in [0.05, 0.1) is 26.4 Å². The summed E-state index contributed by atoms with van der Waals surface area (Å²) in [5.74, 6) is 3.17. The van der Waals surface area contributed by atoms with Crippen molar-refractivity contribution in [1.29, 1.82) is 0 Å². The largest absolute Gasteiger partial charge is 0.497 e. The van der Waals surface area contributed by atoms with E-state index in [2.05, 4.69) is 24.5 Å². The molecule has 2 aromatic carbocycles. The van der Waals surface area contributed by atoms with E-state index in [-0.39, 0.29) is 17.4 Å². The van der Waals surface area contributed by atoms with E-state index in [1.54, 1.807) is 49.5 Å². The number of thioether (sulfide) groups is 1. The predicted octanol–water partition coefficient (Wildman–Crippen LogP) is 5.71. The number of aliphatic imine (C=N–C) groups is 1. The fourth-order valence-electron chi connectivity index (χ4n) is 4.96. The Morgan fingerprint density at radius 2 is 2.00 bits per heavy atom. The molecule has 3 heterocycles. The van der Waals surface area contributed by atoms with E-state index < -0.39 is 5.54 Å². The van der Waals surface area contributed by atoms with Crippen LogP contribution in [0.1, 0.15) is 47.6 Å². The molecule has 5 rings (SSSR count). The van der Waals surface area contributed by atoms with E-state index in [0.29, 0.717) is 23.9 Å². The molecule has 0 saturated carbocycles. The highest BCUT2D eigenvalue weighted by molar-refractivity contribution is 8.13. The first-order chi connectivity index (χ1) is 18.9. The first-order valence-corrected chi connectivity index (χ1v) is 14.9. The average molecular weight is 567 g/mol. The van der Waals surface area contributed by atoms with Gasteiger partial charge in [-0.1, -0.05) is 36.9 Å². The van der Waals surface area contributed by atoms with Gasteiger partial charge in [-0.15, -0.1) is 11.3 Å². The van der Waals surface area contributed by atoms with Crippen molar-refractivity contribution in [1.82, 2.24) is 10.3 Å². The van der Waals surface area contributed by atoms with E-state index in [0.717, 1.165) is 46.5 Å². The molecule has 1 amide bonds. The van der Waals surface area contributed by atoms with Gasteiger partial charge in [0.25, 0.3) is 5.91 Å². The third kappa shape index (κ3) is 5.78. The number of anilines is 1. The number of carbonyl (C=O) groups is 1. The van der Waals surface area contributed by atoms with Crippen LogP contribution >= 0.6 is 23.1 Å². The normalized spacial score (nSPS) is 24.3. The second-order valence-electron chi connectivity index (χ2n) is 10.0. The number of hydrogen-bond acceptors (Lipinski definition) is 9. The van der Waals surface area contributed by atoms with Gasteiger partial charge in [0.15, 0.2) is 5.17 Å². The number of rotatable bonds is 8. The van der Waals surface area contributed by atoms with Crippen LogP contribution in [0.3, 0.4) is 0 Å². The number of fused-ring (bicyclic) bond motifs is 1. The molecule has 2 aliphatic heterocycles. The van der Waals surface area contributed by atoms with Gasteiger partial charge in [0.2, 0.25) is 0 Å². The number of amidine groups is 1. The zero-order valence-electron chi connectivity index (χ0n) is 22.7. The fourth-order valence-corrected chi connectivity index (χ4v) is 7.09. The van der Waals surface area contributed by atoms with E-state index >= 15 is 0 Å². The standard InChI is InChI=1S/C29H34N4O4S2/c1-5-28(2)14-21-16-39-27(32-25(34)19-9-7-6-8-10-19)33-29(21,18-37-28)26-31-24(17-38-26)30-15-20-11-12-22(35-3)13-23(20)36-4/h6-13,17,21,30H,5,14-16,18H2,1-4H3,(H,32,33,34)/t21-,28-,29-/m1/s1. The summed E-state index contributed by atoms with van der Waals surface area (Å²) in [5.41, 5.74) is 0.756. The Kier molecular flexibility index (Phi) is 8.16. The van der Waals surface area contributed by atoms with Gasteiger partial charge >= 0.3 is 0 Å². The smallest absolute Gasteiger partial charge is 0.257 e. The molecule has 1 saturated heterocycles. The number of amides is 1. The second-order valence-corrected chi connectivity index (χ2v) is 11.9. The SMILES string of the molecule is CC[C@]1(C)C[C@@H]2CSC(NC(=O)c3ccccc3)=N[C@]2(c2nc(NCc3ccc(OC)cc3OC)cs2)CO1. The van der Waals surface area contributed by atoms with Crippen molar-refractivity contribution in [3.05, 3.63) is 70.0 Å². The molecule has 0 unspecified atom stereocenters. The van der Waals surface area contributed by atoms with Crippen molar-refractivity contribution < 1.29 is 19.0 Å². The van der Waals surface area contributed by atoms with Crippen LogP contribution in [-0.4, -0.2) is 48.2 Å². The van der Waals surface area contributed by atoms with Crippen LogP contribution < -0.4 is 20.1 Å². The van der Waals surface area contributed by atoms with Crippen LogP contribution in [0, 0.1) is 5.92 Å². The first-order valence-electron chi connectivity index (χ1n) is 13.0. The minimum Gasteiger partial charge on any atom is -0.497 e. The number of aromatic nitrogens is 1. The lowest BCUT2D eigenvalue weighted by atomic mass is 9.75. The maximum atomic E-state index is 12.9. The summed E-state index contributed by atoms with van der Waals surface area (Å²) in [6, 6.07) is 15.0. The molecule has 8 nitrogen and oxygen atoms in total. The number of benzene rings is 2. The summed E-state index contributed by atoms with van der Waals surface area (Å²) in [6.45, 7) is 5.31. The Labute approximate surface area is 237 Å². The molecular formula is C29H34N4O4S2. The molecule has 2 aliphatic rings. The predicted molar refractivity (Wildman–Crippen MR) is 157 cm³/mol. The minimum atomic E-state index is -0.651. The van der Waals surface area contributed by atoms with Crippen molar-refractivity contribution in [2.45, 2.75) is 44.4 Å². The Balaban J connectivity index is 1.40. The second kappa shape index (κ2) is 11.6. The van der Waals surface area contributed by atoms with Gasteiger partial charge in [-0.2, -0.15) is 0 Å². The lowest BCUT2D eigenvalue weighted by Gasteiger charge is -2.49. The average Bonchev–Trinajstić information content (AvgIpc) is 3.46. The van der Waals surface area contributed by atoms with E-state index in [1.807, 2.05) is 41.8 Å². The minimum absolute atomic E-state index is 0.166. The fraction of sp³-hybridized carbons (Fsp3) is 0.414. The van der Waals surface area contributed by atoms with E-state index in [1.165, 1.54) is 0 Å². The van der Waals surface area contributed by atoms with Crippen LogP contribution in [0.5, 0.6) is 11.5 Å². The van der Waals surface area contributed by atoms with Gasteiger partial charge in [0.1, 0.15) is 27.9 Å². The summed E-state index contributed by atoms with van der Waals surface area (Å²) in [7, 11) is 3.29. The third-order valence-electron chi connectivity index (χ3n) is 7.55. The third-order valence-corrected chi connectivity index (χ3v) is 9.59. The van der Waals surface area contributed by atoms with Crippen LogP contribution in [-0.2, 0) is 16.8 Å². The number of nitrogens with one attached hydrogen (secondary N) is 2. The van der Waals surface area contributed by atoms with Gasteiger partial charge in [-0.05, 0) is 44.0 Å². The molecule has 0 spiro atoms. The van der Waals surface area contributed by atoms with E-state index in [9.17, 15) is 4.79 Å². The topological polar surface area (TPSA) is 94.1 Å². The highest BCUT2D eigenvalue weighted by Gasteiger charge is 2.53. The van der Waals surface area contributed by atoms with Crippen molar-refractivity contribution in [2.24, 2.45) is 10.9 Å². The lowest BCUT2D eigenvalue weighted by molar-refractivity contribution is -0.122. The zero-order valence-corrected chi connectivity index (χ0v) is 24.3. The van der Waals surface area contributed by atoms with Crippen molar-refractivity contribution in [2.75, 3.05) is 31.9 Å². The maximum absolute atomic E-state index is 12.9. The molecule has 10 heteroatoms. The molecular weight excluding hydrogens is 532 g/mol. The molecule has 206 valence electrons. The van der Waals surface area contributed by atoms with Crippen molar-refractivity contribution in [3.8, 4) is 11.5 Å². The summed E-state index contributed by atoms with van der Waals surface area (Å²) in [6.07, 6.45) is 1.81. The molecule has 0 radical (unpaired) electrons.